The number of sulfonamides is 1. The molecule has 0 radical (unpaired) electrons. The van der Waals surface area contributed by atoms with Crippen LogP contribution in [0.3, 0.4) is 0 Å². The number of rotatable bonds is 7. The van der Waals surface area contributed by atoms with Crippen molar-refractivity contribution in [3.8, 4) is 0 Å². The fourth-order valence-electron chi connectivity index (χ4n) is 1.93. The van der Waals surface area contributed by atoms with Gasteiger partial charge in [-0.25, -0.2) is 13.1 Å². The monoisotopic (exact) mass is 417 g/mol. The van der Waals surface area contributed by atoms with Gasteiger partial charge in [0.25, 0.3) is 11.6 Å². The molecule has 0 aliphatic rings. The van der Waals surface area contributed by atoms with E-state index in [1.807, 2.05) is 0 Å². The van der Waals surface area contributed by atoms with E-state index >= 15 is 0 Å². The van der Waals surface area contributed by atoms with Crippen LogP contribution >= 0.6 is 23.2 Å². The summed E-state index contributed by atoms with van der Waals surface area (Å²) in [5, 5.41) is 13.7. The summed E-state index contributed by atoms with van der Waals surface area (Å²) in [7, 11) is -3.84. The molecule has 26 heavy (non-hydrogen) atoms. The molecule has 11 heteroatoms. The molecule has 2 aromatic carbocycles. The summed E-state index contributed by atoms with van der Waals surface area (Å²) in [5.74, 6) is -0.432. The largest absolute Gasteiger partial charge is 0.351 e. The average Bonchev–Trinajstić information content (AvgIpc) is 2.61. The van der Waals surface area contributed by atoms with E-state index < -0.39 is 20.9 Å². The number of carbonyl (C=O) groups is 1. The van der Waals surface area contributed by atoms with E-state index in [2.05, 4.69) is 10.0 Å². The molecule has 0 bridgehead atoms. The summed E-state index contributed by atoms with van der Waals surface area (Å²) < 4.78 is 26.5. The highest BCUT2D eigenvalue weighted by atomic mass is 35.5. The van der Waals surface area contributed by atoms with Crippen LogP contribution in [0.25, 0.3) is 0 Å². The van der Waals surface area contributed by atoms with E-state index in [0.717, 1.165) is 24.3 Å². The summed E-state index contributed by atoms with van der Waals surface area (Å²) in [5.41, 5.74) is 0.0791. The lowest BCUT2D eigenvalue weighted by atomic mass is 10.2. The Bertz CT molecular complexity index is 933. The molecule has 0 aromatic heterocycles. The second kappa shape index (κ2) is 8.45. The Kier molecular flexibility index (Phi) is 6.54. The van der Waals surface area contributed by atoms with Crippen molar-refractivity contribution >= 4 is 44.8 Å². The topological polar surface area (TPSA) is 118 Å². The molecule has 0 atom stereocenters. The van der Waals surface area contributed by atoms with Gasteiger partial charge >= 0.3 is 0 Å². The number of hydrogen-bond acceptors (Lipinski definition) is 5. The number of nitro groups is 1. The van der Waals surface area contributed by atoms with Gasteiger partial charge in [-0.3, -0.25) is 14.9 Å². The maximum atomic E-state index is 12.1. The highest BCUT2D eigenvalue weighted by molar-refractivity contribution is 7.89. The van der Waals surface area contributed by atoms with Gasteiger partial charge in [0.1, 0.15) is 0 Å². The van der Waals surface area contributed by atoms with Gasteiger partial charge in [-0.15, -0.1) is 0 Å². The predicted molar refractivity (Wildman–Crippen MR) is 97.1 cm³/mol. The molecule has 0 saturated carbocycles. The molecule has 2 aromatic rings. The van der Waals surface area contributed by atoms with Gasteiger partial charge in [-0.05, 0) is 30.3 Å². The third-order valence-corrected chi connectivity index (χ3v) is 5.46. The number of nitrogens with zero attached hydrogens (tertiary/aromatic N) is 1. The molecule has 138 valence electrons. The Morgan fingerprint density at radius 3 is 2.27 bits per heavy atom. The van der Waals surface area contributed by atoms with Gasteiger partial charge in [0.15, 0.2) is 0 Å². The number of halogens is 2. The SMILES string of the molecule is O=C(NCCNS(=O)(=O)c1ccc([N+](=O)[O-])cc1)c1ccc(Cl)c(Cl)c1. The van der Waals surface area contributed by atoms with E-state index in [0.29, 0.717) is 5.02 Å². The fraction of sp³-hybridized carbons (Fsp3) is 0.133. The minimum Gasteiger partial charge on any atom is -0.351 e. The molecule has 0 saturated heterocycles. The molecule has 2 N–H and O–H groups in total. The first kappa shape index (κ1) is 20.1. The minimum atomic E-state index is -3.84. The average molecular weight is 418 g/mol. The molecule has 8 nitrogen and oxygen atoms in total. The van der Waals surface area contributed by atoms with E-state index in [1.54, 1.807) is 0 Å². The van der Waals surface area contributed by atoms with Crippen LogP contribution in [0.15, 0.2) is 47.4 Å². The molecule has 0 spiro atoms. The van der Waals surface area contributed by atoms with Crippen LogP contribution in [-0.2, 0) is 10.0 Å². The van der Waals surface area contributed by atoms with Crippen LogP contribution < -0.4 is 10.0 Å². The molecule has 0 aliphatic carbocycles. The van der Waals surface area contributed by atoms with E-state index in [9.17, 15) is 23.3 Å². The van der Waals surface area contributed by atoms with Crippen LogP contribution in [0.2, 0.25) is 10.0 Å². The molecule has 0 heterocycles. The molecule has 0 unspecified atom stereocenters. The van der Waals surface area contributed by atoms with Gasteiger partial charge in [0.2, 0.25) is 10.0 Å². The second-order valence-corrected chi connectivity index (χ2v) is 7.61. The first-order chi connectivity index (χ1) is 12.2. The predicted octanol–water partition coefficient (Wildman–Crippen LogP) is 2.61. The molecule has 1 amide bonds. The third kappa shape index (κ3) is 5.15. The summed E-state index contributed by atoms with van der Waals surface area (Å²) in [4.78, 5) is 21.8. The lowest BCUT2D eigenvalue weighted by Gasteiger charge is -2.08. The molecule has 0 aliphatic heterocycles. The van der Waals surface area contributed by atoms with E-state index in [-0.39, 0.29) is 34.3 Å². The van der Waals surface area contributed by atoms with Crippen molar-refractivity contribution in [3.05, 3.63) is 68.2 Å². The lowest BCUT2D eigenvalue weighted by Crippen LogP contribution is -2.34. The first-order valence-electron chi connectivity index (χ1n) is 7.18. The van der Waals surface area contributed by atoms with Crippen molar-refractivity contribution in [3.63, 3.8) is 0 Å². The summed E-state index contributed by atoms with van der Waals surface area (Å²) >= 11 is 11.6. The highest BCUT2D eigenvalue weighted by Gasteiger charge is 2.15. The van der Waals surface area contributed by atoms with Gasteiger partial charge in [0, 0.05) is 30.8 Å². The van der Waals surface area contributed by atoms with Crippen molar-refractivity contribution in [2.24, 2.45) is 0 Å². The zero-order valence-electron chi connectivity index (χ0n) is 13.1. The summed E-state index contributed by atoms with van der Waals surface area (Å²) in [6.07, 6.45) is 0. The molecule has 2 rings (SSSR count). The number of nitro benzene ring substituents is 1. The molecule has 0 fully saturated rings. The van der Waals surface area contributed by atoms with Crippen LogP contribution in [0.1, 0.15) is 10.4 Å². The zero-order chi connectivity index (χ0) is 19.3. The number of non-ortho nitro benzene ring substituents is 1. The number of nitrogens with one attached hydrogen (secondary N) is 2. The standard InChI is InChI=1S/C15H13Cl2N3O5S/c16-13-6-1-10(9-14(13)17)15(21)18-7-8-19-26(24,25)12-4-2-11(3-5-12)20(22)23/h1-6,9,19H,7-8H2,(H,18,21). The summed E-state index contributed by atoms with van der Waals surface area (Å²) in [6, 6.07) is 8.84. The van der Waals surface area contributed by atoms with Crippen LogP contribution in [0.5, 0.6) is 0 Å². The fourth-order valence-corrected chi connectivity index (χ4v) is 3.26. The number of hydrogen-bond donors (Lipinski definition) is 2. The smallest absolute Gasteiger partial charge is 0.269 e. The van der Waals surface area contributed by atoms with Gasteiger partial charge in [-0.1, -0.05) is 23.2 Å². The van der Waals surface area contributed by atoms with Gasteiger partial charge < -0.3 is 5.32 Å². The Labute approximate surface area is 159 Å². The van der Waals surface area contributed by atoms with Crippen molar-refractivity contribution in [2.45, 2.75) is 4.90 Å². The van der Waals surface area contributed by atoms with Gasteiger partial charge in [-0.2, -0.15) is 0 Å². The van der Waals surface area contributed by atoms with Crippen LogP contribution in [0.4, 0.5) is 5.69 Å². The maximum Gasteiger partial charge on any atom is 0.269 e. The lowest BCUT2D eigenvalue weighted by molar-refractivity contribution is -0.384. The molecular weight excluding hydrogens is 405 g/mol. The zero-order valence-corrected chi connectivity index (χ0v) is 15.4. The normalized spacial score (nSPS) is 11.2. The number of benzene rings is 2. The summed E-state index contributed by atoms with van der Waals surface area (Å²) in [6.45, 7) is -0.0301. The van der Waals surface area contributed by atoms with E-state index in [4.69, 9.17) is 23.2 Å². The van der Waals surface area contributed by atoms with Gasteiger partial charge in [0.05, 0.1) is 19.9 Å². The molecular formula is C15H13Cl2N3O5S. The van der Waals surface area contributed by atoms with Crippen LogP contribution in [-0.4, -0.2) is 32.3 Å². The van der Waals surface area contributed by atoms with Crippen molar-refractivity contribution in [1.82, 2.24) is 10.0 Å². The Morgan fingerprint density at radius 1 is 1.04 bits per heavy atom. The second-order valence-electron chi connectivity index (χ2n) is 5.03. The van der Waals surface area contributed by atoms with Crippen molar-refractivity contribution < 1.29 is 18.1 Å². The minimum absolute atomic E-state index is 0.0330. The first-order valence-corrected chi connectivity index (χ1v) is 9.42. The van der Waals surface area contributed by atoms with Crippen molar-refractivity contribution in [2.75, 3.05) is 13.1 Å². The van der Waals surface area contributed by atoms with Crippen LogP contribution in [0, 0.1) is 10.1 Å². The Morgan fingerprint density at radius 2 is 1.69 bits per heavy atom. The van der Waals surface area contributed by atoms with Crippen molar-refractivity contribution in [1.29, 1.82) is 0 Å². The number of amides is 1. The van der Waals surface area contributed by atoms with E-state index in [1.165, 1.54) is 18.2 Å². The Balaban J connectivity index is 1.89. The quantitative estimate of drug-likeness (QED) is 0.407. The maximum absolute atomic E-state index is 12.1. The highest BCUT2D eigenvalue weighted by Crippen LogP contribution is 2.22. The number of carbonyl (C=O) groups excluding carboxylic acids is 1. The Hall–Kier alpha value is -2.20. The third-order valence-electron chi connectivity index (χ3n) is 3.24.